The molecule has 0 amide bonds. The molecule has 0 saturated carbocycles. The molecule has 0 aliphatic rings. The molecule has 5 nitrogen and oxygen atoms in total. The van der Waals surface area contributed by atoms with Gasteiger partial charge in [0.1, 0.15) is 5.82 Å². The van der Waals surface area contributed by atoms with E-state index in [1.807, 2.05) is 26.2 Å². The second-order valence-electron chi connectivity index (χ2n) is 4.13. The molecule has 17 heavy (non-hydrogen) atoms. The normalized spacial score (nSPS) is 11.3. The molecule has 0 aromatic carbocycles. The summed E-state index contributed by atoms with van der Waals surface area (Å²) in [6.45, 7) is 7.97. The lowest BCUT2D eigenvalue weighted by molar-refractivity contribution is 0.0722. The standard InChI is InChI=1S/C12H23N3O2/c1-11(2)17-9-7-15-6-4-14-12(15)10-13-5-8-16-3/h4,6,11,13H,5,7-10H2,1-3H3. The zero-order chi connectivity index (χ0) is 12.5. The molecule has 0 saturated heterocycles. The molecule has 1 aromatic rings. The lowest BCUT2D eigenvalue weighted by Gasteiger charge is -2.11. The summed E-state index contributed by atoms with van der Waals surface area (Å²) in [5.41, 5.74) is 0. The average Bonchev–Trinajstić information content (AvgIpc) is 2.72. The van der Waals surface area contributed by atoms with Crippen molar-refractivity contribution in [2.24, 2.45) is 0 Å². The van der Waals surface area contributed by atoms with Crippen molar-refractivity contribution < 1.29 is 9.47 Å². The van der Waals surface area contributed by atoms with Gasteiger partial charge in [0.15, 0.2) is 0 Å². The first-order valence-corrected chi connectivity index (χ1v) is 6.05. The molecule has 0 unspecified atom stereocenters. The van der Waals surface area contributed by atoms with Gasteiger partial charge in [0.05, 0.1) is 25.9 Å². The highest BCUT2D eigenvalue weighted by atomic mass is 16.5. The van der Waals surface area contributed by atoms with E-state index >= 15 is 0 Å². The maximum atomic E-state index is 5.52. The molecule has 0 radical (unpaired) electrons. The first-order valence-electron chi connectivity index (χ1n) is 6.05. The van der Waals surface area contributed by atoms with Crippen LogP contribution < -0.4 is 5.32 Å². The monoisotopic (exact) mass is 241 g/mol. The SMILES string of the molecule is COCCNCc1nccn1CCOC(C)C. The number of nitrogens with zero attached hydrogens (tertiary/aromatic N) is 2. The van der Waals surface area contributed by atoms with Gasteiger partial charge in [-0.1, -0.05) is 0 Å². The molecular formula is C12H23N3O2. The molecule has 0 aliphatic carbocycles. The maximum absolute atomic E-state index is 5.52. The van der Waals surface area contributed by atoms with Gasteiger partial charge < -0.3 is 19.4 Å². The van der Waals surface area contributed by atoms with Gasteiger partial charge in [-0.05, 0) is 13.8 Å². The van der Waals surface area contributed by atoms with Crippen LogP contribution in [0.1, 0.15) is 19.7 Å². The van der Waals surface area contributed by atoms with Crippen LogP contribution in [0.5, 0.6) is 0 Å². The smallest absolute Gasteiger partial charge is 0.122 e. The van der Waals surface area contributed by atoms with E-state index in [0.717, 1.165) is 38.7 Å². The summed E-state index contributed by atoms with van der Waals surface area (Å²) >= 11 is 0. The zero-order valence-corrected chi connectivity index (χ0v) is 11.0. The molecule has 1 aromatic heterocycles. The Kier molecular flexibility index (Phi) is 6.84. The Morgan fingerprint density at radius 1 is 1.41 bits per heavy atom. The average molecular weight is 241 g/mol. The van der Waals surface area contributed by atoms with Gasteiger partial charge in [0, 0.05) is 32.6 Å². The predicted octanol–water partition coefficient (Wildman–Crippen LogP) is 1.04. The Hall–Kier alpha value is -0.910. The predicted molar refractivity (Wildman–Crippen MR) is 66.9 cm³/mol. The van der Waals surface area contributed by atoms with Crippen LogP contribution >= 0.6 is 0 Å². The van der Waals surface area contributed by atoms with Gasteiger partial charge in [-0.2, -0.15) is 0 Å². The summed E-state index contributed by atoms with van der Waals surface area (Å²) < 4.78 is 12.6. The van der Waals surface area contributed by atoms with Crippen LogP contribution in [0.4, 0.5) is 0 Å². The van der Waals surface area contributed by atoms with Gasteiger partial charge in [-0.25, -0.2) is 4.98 Å². The van der Waals surface area contributed by atoms with E-state index in [0.29, 0.717) is 0 Å². The third-order valence-corrected chi connectivity index (χ3v) is 2.35. The first kappa shape index (κ1) is 14.2. The van der Waals surface area contributed by atoms with Gasteiger partial charge in [-0.15, -0.1) is 0 Å². The molecule has 0 spiro atoms. The van der Waals surface area contributed by atoms with E-state index in [4.69, 9.17) is 9.47 Å². The fourth-order valence-corrected chi connectivity index (χ4v) is 1.47. The van der Waals surface area contributed by atoms with Crippen LogP contribution in [-0.4, -0.2) is 42.5 Å². The highest BCUT2D eigenvalue weighted by Crippen LogP contribution is 1.98. The van der Waals surface area contributed by atoms with Gasteiger partial charge >= 0.3 is 0 Å². The van der Waals surface area contributed by atoms with Crippen molar-refractivity contribution in [3.63, 3.8) is 0 Å². The fourth-order valence-electron chi connectivity index (χ4n) is 1.47. The summed E-state index contributed by atoms with van der Waals surface area (Å²) in [6, 6.07) is 0. The lowest BCUT2D eigenvalue weighted by Crippen LogP contribution is -2.22. The minimum absolute atomic E-state index is 0.279. The molecule has 1 heterocycles. The summed E-state index contributed by atoms with van der Waals surface area (Å²) in [6.07, 6.45) is 4.08. The number of hydrogen-bond donors (Lipinski definition) is 1. The third kappa shape index (κ3) is 5.81. The van der Waals surface area contributed by atoms with E-state index in [9.17, 15) is 0 Å². The Bertz CT molecular complexity index is 300. The van der Waals surface area contributed by atoms with Crippen molar-refractivity contribution >= 4 is 0 Å². The van der Waals surface area contributed by atoms with Crippen LogP contribution in [0.25, 0.3) is 0 Å². The molecule has 0 aliphatic heterocycles. The first-order chi connectivity index (χ1) is 8.24. The van der Waals surface area contributed by atoms with Crippen molar-refractivity contribution in [2.75, 3.05) is 26.9 Å². The van der Waals surface area contributed by atoms with E-state index in [-0.39, 0.29) is 6.10 Å². The van der Waals surface area contributed by atoms with Crippen LogP contribution in [0.3, 0.4) is 0 Å². The van der Waals surface area contributed by atoms with Crippen molar-refractivity contribution in [2.45, 2.75) is 33.0 Å². The third-order valence-electron chi connectivity index (χ3n) is 2.35. The zero-order valence-electron chi connectivity index (χ0n) is 11.0. The van der Waals surface area contributed by atoms with Crippen molar-refractivity contribution in [1.82, 2.24) is 14.9 Å². The second kappa shape index (κ2) is 8.22. The number of methoxy groups -OCH3 is 1. The molecule has 0 bridgehead atoms. The molecule has 0 atom stereocenters. The van der Waals surface area contributed by atoms with Crippen molar-refractivity contribution in [3.8, 4) is 0 Å². The van der Waals surface area contributed by atoms with E-state index in [1.54, 1.807) is 7.11 Å². The van der Waals surface area contributed by atoms with Crippen LogP contribution in [-0.2, 0) is 22.6 Å². The van der Waals surface area contributed by atoms with Crippen LogP contribution in [0, 0.1) is 0 Å². The van der Waals surface area contributed by atoms with Gasteiger partial charge in [-0.3, -0.25) is 0 Å². The van der Waals surface area contributed by atoms with Crippen molar-refractivity contribution in [3.05, 3.63) is 18.2 Å². The highest BCUT2D eigenvalue weighted by molar-refractivity contribution is 4.91. The molecular weight excluding hydrogens is 218 g/mol. The summed E-state index contributed by atoms with van der Waals surface area (Å²) in [5.74, 6) is 1.04. The Labute approximate surface area is 103 Å². The number of nitrogens with one attached hydrogen (secondary N) is 1. The second-order valence-corrected chi connectivity index (χ2v) is 4.13. The summed E-state index contributed by atoms with van der Waals surface area (Å²) in [5, 5.41) is 3.28. The molecule has 1 N–H and O–H groups in total. The molecule has 5 heteroatoms. The number of aromatic nitrogens is 2. The van der Waals surface area contributed by atoms with Crippen LogP contribution in [0.15, 0.2) is 12.4 Å². The molecule has 0 fully saturated rings. The minimum atomic E-state index is 0.279. The highest BCUT2D eigenvalue weighted by Gasteiger charge is 2.02. The van der Waals surface area contributed by atoms with Crippen molar-refractivity contribution in [1.29, 1.82) is 0 Å². The Morgan fingerprint density at radius 3 is 2.94 bits per heavy atom. The molecule has 98 valence electrons. The lowest BCUT2D eigenvalue weighted by atomic mass is 10.5. The van der Waals surface area contributed by atoms with Crippen LogP contribution in [0.2, 0.25) is 0 Å². The largest absolute Gasteiger partial charge is 0.383 e. The number of hydrogen-bond acceptors (Lipinski definition) is 4. The Morgan fingerprint density at radius 2 is 2.24 bits per heavy atom. The summed E-state index contributed by atoms with van der Waals surface area (Å²) in [4.78, 5) is 4.32. The maximum Gasteiger partial charge on any atom is 0.122 e. The van der Waals surface area contributed by atoms with E-state index in [2.05, 4.69) is 14.9 Å². The quantitative estimate of drug-likeness (QED) is 0.656. The van der Waals surface area contributed by atoms with Gasteiger partial charge in [0.2, 0.25) is 0 Å². The van der Waals surface area contributed by atoms with Gasteiger partial charge in [0.25, 0.3) is 0 Å². The number of ether oxygens (including phenoxy) is 2. The van der Waals surface area contributed by atoms with E-state index in [1.165, 1.54) is 0 Å². The Balaban J connectivity index is 2.27. The van der Waals surface area contributed by atoms with E-state index < -0.39 is 0 Å². The number of imidazole rings is 1. The topological polar surface area (TPSA) is 48.3 Å². The molecule has 1 rings (SSSR count). The summed E-state index contributed by atoms with van der Waals surface area (Å²) in [7, 11) is 1.70. The number of rotatable bonds is 9. The minimum Gasteiger partial charge on any atom is -0.383 e. The fraction of sp³-hybridized carbons (Fsp3) is 0.750.